The van der Waals surface area contributed by atoms with Gasteiger partial charge >= 0.3 is 0 Å². The second kappa shape index (κ2) is 7.81. The second-order valence-electron chi connectivity index (χ2n) is 6.06. The summed E-state index contributed by atoms with van der Waals surface area (Å²) in [5.74, 6) is 1.34. The van der Waals surface area contributed by atoms with Crippen molar-refractivity contribution in [1.82, 2.24) is 5.32 Å². The first-order valence-corrected chi connectivity index (χ1v) is 8.27. The van der Waals surface area contributed by atoms with Crippen LogP contribution in [0.2, 0.25) is 0 Å². The van der Waals surface area contributed by atoms with Crippen LogP contribution < -0.4 is 10.1 Å². The van der Waals surface area contributed by atoms with Crippen molar-refractivity contribution < 1.29 is 9.84 Å². The average molecular weight is 291 g/mol. The molecule has 1 aliphatic rings. The number of fused-ring (bicyclic) bond motifs is 1. The van der Waals surface area contributed by atoms with E-state index in [2.05, 4.69) is 31.3 Å². The Kier molecular flexibility index (Phi) is 6.07. The SMILES string of the molecule is CCC(CC)C(O)CNC1CCCc2cc(OC)ccc21. The van der Waals surface area contributed by atoms with Gasteiger partial charge in [0.1, 0.15) is 5.75 Å². The third kappa shape index (κ3) is 3.98. The third-order valence-corrected chi connectivity index (χ3v) is 4.83. The van der Waals surface area contributed by atoms with Gasteiger partial charge in [-0.1, -0.05) is 32.8 Å². The van der Waals surface area contributed by atoms with Crippen LogP contribution in [0.4, 0.5) is 0 Å². The lowest BCUT2D eigenvalue weighted by Crippen LogP contribution is -2.36. The second-order valence-corrected chi connectivity index (χ2v) is 6.06. The van der Waals surface area contributed by atoms with E-state index in [-0.39, 0.29) is 6.10 Å². The monoisotopic (exact) mass is 291 g/mol. The molecule has 1 aromatic rings. The van der Waals surface area contributed by atoms with Gasteiger partial charge in [-0.15, -0.1) is 0 Å². The van der Waals surface area contributed by atoms with E-state index in [9.17, 15) is 5.11 Å². The van der Waals surface area contributed by atoms with Crippen LogP contribution in [0.15, 0.2) is 18.2 Å². The van der Waals surface area contributed by atoms with Crippen molar-refractivity contribution in [2.75, 3.05) is 13.7 Å². The minimum Gasteiger partial charge on any atom is -0.497 e. The van der Waals surface area contributed by atoms with Gasteiger partial charge < -0.3 is 15.2 Å². The van der Waals surface area contributed by atoms with Crippen molar-refractivity contribution in [3.8, 4) is 5.75 Å². The largest absolute Gasteiger partial charge is 0.497 e. The molecule has 0 aromatic heterocycles. The Hall–Kier alpha value is -1.06. The maximum atomic E-state index is 10.3. The van der Waals surface area contributed by atoms with Crippen LogP contribution in [0, 0.1) is 5.92 Å². The first-order chi connectivity index (χ1) is 10.2. The van der Waals surface area contributed by atoms with Gasteiger partial charge in [0, 0.05) is 12.6 Å². The number of hydrogen-bond donors (Lipinski definition) is 2. The van der Waals surface area contributed by atoms with Crippen LogP contribution in [0.3, 0.4) is 0 Å². The van der Waals surface area contributed by atoms with E-state index in [1.165, 1.54) is 17.5 Å². The van der Waals surface area contributed by atoms with Crippen molar-refractivity contribution in [3.05, 3.63) is 29.3 Å². The molecular formula is C18H29NO2. The molecule has 3 nitrogen and oxygen atoms in total. The number of rotatable bonds is 7. The molecule has 3 heteroatoms. The lowest BCUT2D eigenvalue weighted by Gasteiger charge is -2.29. The maximum Gasteiger partial charge on any atom is 0.119 e. The minimum absolute atomic E-state index is 0.247. The Morgan fingerprint density at radius 2 is 2.10 bits per heavy atom. The van der Waals surface area contributed by atoms with E-state index in [1.807, 2.05) is 6.07 Å². The number of ether oxygens (including phenoxy) is 1. The normalized spacial score (nSPS) is 19.4. The fourth-order valence-electron chi connectivity index (χ4n) is 3.39. The van der Waals surface area contributed by atoms with E-state index in [4.69, 9.17) is 4.74 Å². The lowest BCUT2D eigenvalue weighted by molar-refractivity contribution is 0.0974. The summed E-state index contributed by atoms with van der Waals surface area (Å²) < 4.78 is 5.31. The van der Waals surface area contributed by atoms with Gasteiger partial charge in [0.2, 0.25) is 0 Å². The van der Waals surface area contributed by atoms with Crippen molar-refractivity contribution in [3.63, 3.8) is 0 Å². The molecule has 0 saturated carbocycles. The Morgan fingerprint density at radius 3 is 2.76 bits per heavy atom. The number of aliphatic hydroxyl groups is 1. The number of aryl methyl sites for hydroxylation is 1. The highest BCUT2D eigenvalue weighted by molar-refractivity contribution is 5.39. The molecule has 0 saturated heterocycles. The molecule has 2 atom stereocenters. The zero-order chi connectivity index (χ0) is 15.2. The molecule has 0 amide bonds. The van der Waals surface area contributed by atoms with E-state index in [0.717, 1.165) is 31.4 Å². The molecule has 1 aromatic carbocycles. The number of nitrogens with one attached hydrogen (secondary N) is 1. The summed E-state index contributed by atoms with van der Waals surface area (Å²) in [4.78, 5) is 0. The minimum atomic E-state index is -0.247. The van der Waals surface area contributed by atoms with Gasteiger partial charge in [-0.2, -0.15) is 0 Å². The van der Waals surface area contributed by atoms with Gasteiger partial charge in [-0.05, 0) is 48.4 Å². The van der Waals surface area contributed by atoms with Crippen LogP contribution >= 0.6 is 0 Å². The zero-order valence-electron chi connectivity index (χ0n) is 13.6. The highest BCUT2D eigenvalue weighted by Gasteiger charge is 2.22. The van der Waals surface area contributed by atoms with Crippen molar-refractivity contribution in [2.45, 2.75) is 58.1 Å². The molecule has 0 radical (unpaired) electrons. The Bertz CT molecular complexity index is 443. The predicted molar refractivity (Wildman–Crippen MR) is 86.8 cm³/mol. The molecule has 0 aliphatic heterocycles. The molecule has 0 heterocycles. The lowest BCUT2D eigenvalue weighted by atomic mass is 9.87. The van der Waals surface area contributed by atoms with Crippen LogP contribution in [0.5, 0.6) is 5.75 Å². The van der Waals surface area contributed by atoms with Crippen LogP contribution in [0.1, 0.15) is 56.7 Å². The number of hydrogen-bond acceptors (Lipinski definition) is 3. The molecule has 2 rings (SSSR count). The summed E-state index contributed by atoms with van der Waals surface area (Å²) in [6.45, 7) is 4.99. The van der Waals surface area contributed by atoms with Crippen LogP contribution in [-0.2, 0) is 6.42 Å². The van der Waals surface area contributed by atoms with Crippen molar-refractivity contribution in [1.29, 1.82) is 0 Å². The molecule has 1 aliphatic carbocycles. The van der Waals surface area contributed by atoms with Gasteiger partial charge in [0.25, 0.3) is 0 Å². The summed E-state index contributed by atoms with van der Waals surface area (Å²) in [5.41, 5.74) is 2.76. The number of methoxy groups -OCH3 is 1. The van der Waals surface area contributed by atoms with Crippen molar-refractivity contribution in [2.24, 2.45) is 5.92 Å². The fourth-order valence-corrected chi connectivity index (χ4v) is 3.39. The molecule has 2 N–H and O–H groups in total. The summed E-state index contributed by atoms with van der Waals surface area (Å²) in [7, 11) is 1.71. The number of benzene rings is 1. The summed E-state index contributed by atoms with van der Waals surface area (Å²) >= 11 is 0. The summed E-state index contributed by atoms with van der Waals surface area (Å²) in [5, 5.41) is 13.9. The quantitative estimate of drug-likeness (QED) is 0.808. The molecule has 2 unspecified atom stereocenters. The van der Waals surface area contributed by atoms with Crippen LogP contribution in [0.25, 0.3) is 0 Å². The molecular weight excluding hydrogens is 262 g/mol. The smallest absolute Gasteiger partial charge is 0.119 e. The zero-order valence-corrected chi connectivity index (χ0v) is 13.6. The average Bonchev–Trinajstić information content (AvgIpc) is 2.53. The predicted octanol–water partition coefficient (Wildman–Crippen LogP) is 3.46. The molecule has 0 spiro atoms. The van der Waals surface area contributed by atoms with E-state index in [0.29, 0.717) is 18.5 Å². The van der Waals surface area contributed by atoms with Gasteiger partial charge in [0.05, 0.1) is 13.2 Å². The Morgan fingerprint density at radius 1 is 1.33 bits per heavy atom. The Labute approximate surface area is 128 Å². The number of aliphatic hydroxyl groups excluding tert-OH is 1. The highest BCUT2D eigenvalue weighted by atomic mass is 16.5. The highest BCUT2D eigenvalue weighted by Crippen LogP contribution is 2.32. The third-order valence-electron chi connectivity index (χ3n) is 4.83. The van der Waals surface area contributed by atoms with Crippen molar-refractivity contribution >= 4 is 0 Å². The maximum absolute atomic E-state index is 10.3. The summed E-state index contributed by atoms with van der Waals surface area (Å²) in [6.07, 6.45) is 5.30. The molecule has 0 bridgehead atoms. The molecule has 21 heavy (non-hydrogen) atoms. The first kappa shape index (κ1) is 16.3. The van der Waals surface area contributed by atoms with Gasteiger partial charge in [-0.25, -0.2) is 0 Å². The van der Waals surface area contributed by atoms with E-state index in [1.54, 1.807) is 7.11 Å². The van der Waals surface area contributed by atoms with E-state index < -0.39 is 0 Å². The summed E-state index contributed by atoms with van der Waals surface area (Å²) in [6, 6.07) is 6.73. The van der Waals surface area contributed by atoms with Gasteiger partial charge in [-0.3, -0.25) is 0 Å². The standard InChI is InChI=1S/C18H29NO2/c1-4-13(5-2)18(20)12-19-17-8-6-7-14-11-15(21-3)9-10-16(14)17/h9-11,13,17-20H,4-8,12H2,1-3H3. The molecule has 118 valence electrons. The Balaban J connectivity index is 2.00. The first-order valence-electron chi connectivity index (χ1n) is 8.27. The van der Waals surface area contributed by atoms with E-state index >= 15 is 0 Å². The van der Waals surface area contributed by atoms with Gasteiger partial charge in [0.15, 0.2) is 0 Å². The fraction of sp³-hybridized carbons (Fsp3) is 0.667. The van der Waals surface area contributed by atoms with Crippen LogP contribution in [-0.4, -0.2) is 24.9 Å². The topological polar surface area (TPSA) is 41.5 Å². The molecule has 0 fully saturated rings.